The van der Waals surface area contributed by atoms with E-state index in [0.717, 1.165) is 0 Å². The normalized spacial score (nSPS) is 23.8. The molecule has 0 radical (unpaired) electrons. The second-order valence-corrected chi connectivity index (χ2v) is 7.56. The minimum Gasteiger partial charge on any atom is -0.381 e. The first-order valence-corrected chi connectivity index (χ1v) is 9.43. The van der Waals surface area contributed by atoms with E-state index < -0.39 is 17.8 Å². The first kappa shape index (κ1) is 18.9. The maximum Gasteiger partial charge on any atom is 0.271 e. The van der Waals surface area contributed by atoms with Crippen LogP contribution in [-0.2, 0) is 4.74 Å². The number of ether oxygens (including phenoxy) is 1. The van der Waals surface area contributed by atoms with E-state index in [0.29, 0.717) is 30.6 Å². The lowest BCUT2D eigenvalue weighted by atomic mass is 10.1. The highest BCUT2D eigenvalue weighted by atomic mass is 35.5. The van der Waals surface area contributed by atoms with Crippen molar-refractivity contribution < 1.29 is 18.7 Å². The van der Waals surface area contributed by atoms with Gasteiger partial charge in [-0.3, -0.25) is 14.3 Å². The van der Waals surface area contributed by atoms with Crippen LogP contribution in [0.15, 0.2) is 24.3 Å². The molecule has 1 aliphatic heterocycles. The maximum atomic E-state index is 13.9. The van der Waals surface area contributed by atoms with Crippen molar-refractivity contribution in [2.24, 2.45) is 11.8 Å². The number of amides is 2. The summed E-state index contributed by atoms with van der Waals surface area (Å²) in [6.07, 6.45) is 0. The smallest absolute Gasteiger partial charge is 0.271 e. The van der Waals surface area contributed by atoms with Crippen molar-refractivity contribution in [2.45, 2.75) is 19.0 Å². The van der Waals surface area contributed by atoms with E-state index in [1.165, 1.54) is 29.9 Å². The molecule has 0 spiro atoms. The Morgan fingerprint density at radius 3 is 2.64 bits per heavy atom. The zero-order chi connectivity index (χ0) is 20.0. The molecule has 0 bridgehead atoms. The van der Waals surface area contributed by atoms with Gasteiger partial charge in [-0.1, -0.05) is 17.7 Å². The van der Waals surface area contributed by atoms with Crippen molar-refractivity contribution in [3.8, 4) is 0 Å². The molecular weight excluding hydrogens is 387 g/mol. The summed E-state index contributed by atoms with van der Waals surface area (Å²) in [6, 6.07) is 5.48. The van der Waals surface area contributed by atoms with Gasteiger partial charge >= 0.3 is 0 Å². The summed E-state index contributed by atoms with van der Waals surface area (Å²) in [7, 11) is 1.49. The predicted molar refractivity (Wildman–Crippen MR) is 99.9 cm³/mol. The molecule has 9 heteroatoms. The third-order valence-electron chi connectivity index (χ3n) is 5.47. The SMILES string of the molecule is CNC(=O)c1cc(C(=O)N[C@H]2[C@@H]3COC[C@@H]32)n([C@@H](C)c2ccc(Cl)c(F)c2)n1. The van der Waals surface area contributed by atoms with Crippen molar-refractivity contribution in [2.75, 3.05) is 20.3 Å². The summed E-state index contributed by atoms with van der Waals surface area (Å²) in [6.45, 7) is 3.08. The fourth-order valence-corrected chi connectivity index (χ4v) is 3.81. The van der Waals surface area contributed by atoms with E-state index >= 15 is 0 Å². The predicted octanol–water partition coefficient (Wildman–Crippen LogP) is 2.02. The Kier molecular flexibility index (Phi) is 4.84. The van der Waals surface area contributed by atoms with E-state index in [1.807, 2.05) is 0 Å². The molecule has 1 saturated carbocycles. The first-order chi connectivity index (χ1) is 13.4. The molecule has 2 N–H and O–H groups in total. The van der Waals surface area contributed by atoms with Crippen LogP contribution < -0.4 is 10.6 Å². The van der Waals surface area contributed by atoms with Gasteiger partial charge in [0.25, 0.3) is 11.8 Å². The van der Waals surface area contributed by atoms with Gasteiger partial charge in [0.05, 0.1) is 24.3 Å². The third-order valence-corrected chi connectivity index (χ3v) is 5.78. The number of carbonyl (C=O) groups excluding carboxylic acids is 2. The minimum absolute atomic E-state index is 0.0166. The van der Waals surface area contributed by atoms with E-state index in [-0.39, 0.29) is 28.4 Å². The fourth-order valence-electron chi connectivity index (χ4n) is 3.69. The lowest BCUT2D eigenvalue weighted by molar-refractivity contribution is 0.0915. The fraction of sp³-hybridized carbons (Fsp3) is 0.421. The number of rotatable bonds is 5. The lowest BCUT2D eigenvalue weighted by Crippen LogP contribution is -2.32. The van der Waals surface area contributed by atoms with Crippen LogP contribution in [-0.4, -0.2) is 47.9 Å². The molecule has 1 aliphatic carbocycles. The van der Waals surface area contributed by atoms with E-state index in [4.69, 9.17) is 16.3 Å². The highest BCUT2D eigenvalue weighted by Gasteiger charge is 2.55. The molecular formula is C19H20ClFN4O3. The van der Waals surface area contributed by atoms with Crippen LogP contribution >= 0.6 is 11.6 Å². The van der Waals surface area contributed by atoms with Crippen molar-refractivity contribution in [1.29, 1.82) is 0 Å². The van der Waals surface area contributed by atoms with E-state index in [1.54, 1.807) is 13.0 Å². The van der Waals surface area contributed by atoms with Crippen molar-refractivity contribution >= 4 is 23.4 Å². The van der Waals surface area contributed by atoms with Gasteiger partial charge in [0.2, 0.25) is 0 Å². The zero-order valence-electron chi connectivity index (χ0n) is 15.4. The maximum absolute atomic E-state index is 13.9. The van der Waals surface area contributed by atoms with Crippen LogP contribution in [0.1, 0.15) is 39.5 Å². The molecule has 0 unspecified atom stereocenters. The molecule has 2 amide bonds. The molecule has 1 aromatic carbocycles. The summed E-state index contributed by atoms with van der Waals surface area (Å²) >= 11 is 5.76. The number of carbonyl (C=O) groups is 2. The number of nitrogens with one attached hydrogen (secondary N) is 2. The molecule has 2 aromatic rings. The molecule has 2 aliphatic rings. The number of aromatic nitrogens is 2. The average molecular weight is 407 g/mol. The Morgan fingerprint density at radius 1 is 1.29 bits per heavy atom. The summed E-state index contributed by atoms with van der Waals surface area (Å²) in [5.74, 6) is -0.577. The van der Waals surface area contributed by atoms with Gasteiger partial charge in [-0.25, -0.2) is 4.39 Å². The molecule has 1 saturated heterocycles. The van der Waals surface area contributed by atoms with Gasteiger partial charge in [0.1, 0.15) is 11.5 Å². The van der Waals surface area contributed by atoms with Crippen LogP contribution in [0.4, 0.5) is 4.39 Å². The van der Waals surface area contributed by atoms with Crippen LogP contribution in [0.3, 0.4) is 0 Å². The van der Waals surface area contributed by atoms with E-state index in [9.17, 15) is 14.0 Å². The Labute approximate surface area is 166 Å². The van der Waals surface area contributed by atoms with Crippen LogP contribution in [0.25, 0.3) is 0 Å². The topological polar surface area (TPSA) is 85.3 Å². The standard InChI is InChI=1S/C19H20ClFN4O3/c1-9(10-3-4-13(20)14(21)5-10)25-16(6-15(24-25)18(26)22-2)19(27)23-17-11-7-28-8-12(11)17/h3-6,9,11-12,17H,7-8H2,1-2H3,(H,22,26)(H,23,27)/t9-,11-,12+,17+/m0/s1. The van der Waals surface area contributed by atoms with Crippen LogP contribution in [0.2, 0.25) is 5.02 Å². The first-order valence-electron chi connectivity index (χ1n) is 9.06. The number of halogens is 2. The average Bonchev–Trinajstić information content (AvgIpc) is 3.10. The lowest BCUT2D eigenvalue weighted by Gasteiger charge is -2.17. The summed E-state index contributed by atoms with van der Waals surface area (Å²) < 4.78 is 20.7. The molecule has 28 heavy (non-hydrogen) atoms. The Balaban J connectivity index is 1.64. The molecule has 4 atom stereocenters. The number of hydrogen-bond donors (Lipinski definition) is 2. The second kappa shape index (κ2) is 7.18. The van der Waals surface area contributed by atoms with Gasteiger partial charge in [0, 0.05) is 31.0 Å². The number of nitrogens with zero attached hydrogens (tertiary/aromatic N) is 2. The highest BCUT2D eigenvalue weighted by Crippen LogP contribution is 2.44. The summed E-state index contributed by atoms with van der Waals surface area (Å²) in [4.78, 5) is 24.9. The third kappa shape index (κ3) is 3.27. The molecule has 2 fully saturated rings. The van der Waals surface area contributed by atoms with Crippen LogP contribution in [0, 0.1) is 17.7 Å². The molecule has 7 nitrogen and oxygen atoms in total. The minimum atomic E-state index is -0.554. The quantitative estimate of drug-likeness (QED) is 0.795. The Bertz CT molecular complexity index is 937. The van der Waals surface area contributed by atoms with Gasteiger partial charge in [-0.2, -0.15) is 5.10 Å². The largest absolute Gasteiger partial charge is 0.381 e. The van der Waals surface area contributed by atoms with Crippen LogP contribution in [0.5, 0.6) is 0 Å². The van der Waals surface area contributed by atoms with E-state index in [2.05, 4.69) is 15.7 Å². The summed E-state index contributed by atoms with van der Waals surface area (Å²) in [5.41, 5.74) is 0.944. The van der Waals surface area contributed by atoms with Crippen molar-refractivity contribution in [3.63, 3.8) is 0 Å². The zero-order valence-corrected chi connectivity index (χ0v) is 16.2. The van der Waals surface area contributed by atoms with Gasteiger partial charge in [-0.05, 0) is 24.6 Å². The van der Waals surface area contributed by atoms with Gasteiger partial charge < -0.3 is 15.4 Å². The van der Waals surface area contributed by atoms with Gasteiger partial charge in [-0.15, -0.1) is 0 Å². The number of benzene rings is 1. The summed E-state index contributed by atoms with van der Waals surface area (Å²) in [5, 5.41) is 9.81. The van der Waals surface area contributed by atoms with Crippen molar-refractivity contribution in [1.82, 2.24) is 20.4 Å². The highest BCUT2D eigenvalue weighted by molar-refractivity contribution is 6.30. The molecule has 148 valence electrons. The Hall–Kier alpha value is -2.45. The monoisotopic (exact) mass is 406 g/mol. The molecule has 2 heterocycles. The second-order valence-electron chi connectivity index (χ2n) is 7.15. The molecule has 4 rings (SSSR count). The Morgan fingerprint density at radius 2 is 2.00 bits per heavy atom. The molecule has 1 aromatic heterocycles. The number of hydrogen-bond acceptors (Lipinski definition) is 4. The van der Waals surface area contributed by atoms with Crippen molar-refractivity contribution in [3.05, 3.63) is 52.1 Å². The number of fused-ring (bicyclic) bond motifs is 1. The van der Waals surface area contributed by atoms with Gasteiger partial charge in [0.15, 0.2) is 5.69 Å².